The van der Waals surface area contributed by atoms with Crippen molar-refractivity contribution >= 4 is 40.8 Å². The average Bonchev–Trinajstić information content (AvgIpc) is 2.37. The molecule has 0 bridgehead atoms. The van der Waals surface area contributed by atoms with Crippen molar-refractivity contribution in [1.82, 2.24) is 4.98 Å². The Morgan fingerprint density at radius 1 is 1.16 bits per heavy atom. The summed E-state index contributed by atoms with van der Waals surface area (Å²) in [6.45, 7) is 4.10. The average molecular weight is 314 g/mol. The number of benzene rings is 1. The molecule has 0 amide bonds. The highest BCUT2D eigenvalue weighted by Crippen LogP contribution is 2.37. The first-order valence-corrected chi connectivity index (χ1v) is 7.16. The molecule has 0 fully saturated rings. The Labute approximate surface area is 126 Å². The summed E-state index contributed by atoms with van der Waals surface area (Å²) in [4.78, 5) is 5.43. The lowest BCUT2D eigenvalue weighted by Crippen LogP contribution is -2.09. The third kappa shape index (κ3) is 3.34. The van der Waals surface area contributed by atoms with Crippen molar-refractivity contribution in [1.29, 1.82) is 0 Å². The number of rotatable bonds is 3. The zero-order chi connectivity index (χ0) is 14.0. The molecule has 0 saturated carbocycles. The molecule has 0 aliphatic carbocycles. The third-order valence-electron chi connectivity index (χ3n) is 2.58. The molecule has 0 aliphatic heterocycles. The van der Waals surface area contributed by atoms with Crippen LogP contribution in [0.2, 0.25) is 10.0 Å². The number of nitrogens with one attached hydrogen (secondary N) is 1. The van der Waals surface area contributed by atoms with E-state index in [1.165, 1.54) is 22.9 Å². The number of aromatic nitrogens is 1. The van der Waals surface area contributed by atoms with E-state index in [0.29, 0.717) is 20.9 Å². The molecule has 0 saturated heterocycles. The lowest BCUT2D eigenvalue weighted by atomic mass is 10.2. The number of nitrogens with zero attached hydrogens (tertiary/aromatic N) is 1. The van der Waals surface area contributed by atoms with Gasteiger partial charge in [0.25, 0.3) is 0 Å². The quantitative estimate of drug-likeness (QED) is 0.649. The number of halogens is 2. The normalized spacial score (nSPS) is 10.6. The van der Waals surface area contributed by atoms with Crippen LogP contribution in [0, 0.1) is 13.8 Å². The van der Waals surface area contributed by atoms with Crippen LogP contribution in [0.4, 0.5) is 5.82 Å². The molecule has 1 heterocycles. The summed E-state index contributed by atoms with van der Waals surface area (Å²) in [7, 11) is 0. The van der Waals surface area contributed by atoms with E-state index in [4.69, 9.17) is 29.0 Å². The maximum atomic E-state index is 6.16. The minimum absolute atomic E-state index is 0.401. The van der Waals surface area contributed by atoms with Crippen molar-refractivity contribution in [2.45, 2.75) is 23.8 Å². The number of hydrogen-bond acceptors (Lipinski definition) is 4. The molecule has 0 unspecified atom stereocenters. The van der Waals surface area contributed by atoms with Gasteiger partial charge in [0.2, 0.25) is 0 Å². The summed E-state index contributed by atoms with van der Waals surface area (Å²) in [6, 6.07) is 7.88. The molecule has 2 rings (SSSR count). The number of pyridine rings is 1. The number of hydrogen-bond donors (Lipinski definition) is 2. The molecule has 19 heavy (non-hydrogen) atoms. The number of hydrazine groups is 1. The maximum absolute atomic E-state index is 6.16. The molecule has 2 aromatic rings. The van der Waals surface area contributed by atoms with Crippen molar-refractivity contribution in [3.05, 3.63) is 45.4 Å². The number of nitrogen functional groups attached to an aromatic ring is 1. The fourth-order valence-electron chi connectivity index (χ4n) is 1.54. The van der Waals surface area contributed by atoms with E-state index >= 15 is 0 Å². The van der Waals surface area contributed by atoms with Crippen molar-refractivity contribution in [2.24, 2.45) is 5.84 Å². The fraction of sp³-hybridized carbons (Fsp3) is 0.154. The van der Waals surface area contributed by atoms with Crippen LogP contribution in [0.3, 0.4) is 0 Å². The number of aryl methyl sites for hydroxylation is 2. The van der Waals surface area contributed by atoms with E-state index in [9.17, 15) is 0 Å². The van der Waals surface area contributed by atoms with Crippen LogP contribution in [-0.2, 0) is 0 Å². The minimum atomic E-state index is 0.401. The Morgan fingerprint density at radius 3 is 2.58 bits per heavy atom. The van der Waals surface area contributed by atoms with Crippen LogP contribution in [0.25, 0.3) is 0 Å². The summed E-state index contributed by atoms with van der Waals surface area (Å²) in [6.07, 6.45) is 0. The molecule has 0 atom stereocenters. The van der Waals surface area contributed by atoms with Gasteiger partial charge in [-0.05, 0) is 37.1 Å². The second-order valence-corrected chi connectivity index (χ2v) is 5.97. The van der Waals surface area contributed by atoms with Crippen LogP contribution >= 0.6 is 35.0 Å². The zero-order valence-electron chi connectivity index (χ0n) is 10.5. The Bertz CT molecular complexity index is 617. The molecule has 0 aliphatic rings. The predicted octanol–water partition coefficient (Wildman–Crippen LogP) is 4.44. The third-order valence-corrected chi connectivity index (χ3v) is 4.44. The summed E-state index contributed by atoms with van der Waals surface area (Å²) in [5.74, 6) is 5.78. The van der Waals surface area contributed by atoms with Crippen LogP contribution in [0.5, 0.6) is 0 Å². The molecule has 100 valence electrons. The monoisotopic (exact) mass is 313 g/mol. The highest BCUT2D eigenvalue weighted by Gasteiger charge is 2.11. The highest BCUT2D eigenvalue weighted by molar-refractivity contribution is 7.99. The van der Waals surface area contributed by atoms with Gasteiger partial charge < -0.3 is 5.43 Å². The molecule has 1 aromatic heterocycles. The van der Waals surface area contributed by atoms with E-state index in [2.05, 4.69) is 28.6 Å². The van der Waals surface area contributed by atoms with E-state index in [1.54, 1.807) is 6.07 Å². The van der Waals surface area contributed by atoms with Gasteiger partial charge in [0, 0.05) is 4.90 Å². The van der Waals surface area contributed by atoms with Crippen LogP contribution < -0.4 is 11.3 Å². The fourth-order valence-corrected chi connectivity index (χ4v) is 3.05. The molecule has 1 aromatic carbocycles. The van der Waals surface area contributed by atoms with Gasteiger partial charge in [-0.2, -0.15) is 0 Å². The van der Waals surface area contributed by atoms with Crippen LogP contribution in [0.1, 0.15) is 11.1 Å². The van der Waals surface area contributed by atoms with E-state index in [-0.39, 0.29) is 0 Å². The van der Waals surface area contributed by atoms with Gasteiger partial charge in [0.05, 0.1) is 10.0 Å². The lowest BCUT2D eigenvalue weighted by Gasteiger charge is -2.10. The lowest BCUT2D eigenvalue weighted by molar-refractivity contribution is 1.10. The Hall–Kier alpha value is -0.940. The summed E-state index contributed by atoms with van der Waals surface area (Å²) in [5, 5.41) is 1.58. The minimum Gasteiger partial charge on any atom is -0.307 e. The molecular formula is C13H13Cl2N3S. The van der Waals surface area contributed by atoms with Gasteiger partial charge >= 0.3 is 0 Å². The number of anilines is 1. The Morgan fingerprint density at radius 2 is 1.89 bits per heavy atom. The molecule has 0 radical (unpaired) electrons. The van der Waals surface area contributed by atoms with Gasteiger partial charge in [-0.1, -0.05) is 47.1 Å². The highest BCUT2D eigenvalue weighted by atomic mass is 35.5. The van der Waals surface area contributed by atoms with E-state index in [1.807, 2.05) is 13.8 Å². The topological polar surface area (TPSA) is 50.9 Å². The second kappa shape index (κ2) is 6.01. The molecule has 0 spiro atoms. The largest absolute Gasteiger partial charge is 0.307 e. The van der Waals surface area contributed by atoms with Crippen LogP contribution in [0.15, 0.2) is 34.2 Å². The van der Waals surface area contributed by atoms with Crippen LogP contribution in [-0.4, -0.2) is 4.98 Å². The molecule has 3 N–H and O–H groups in total. The van der Waals surface area contributed by atoms with Gasteiger partial charge in [-0.3, -0.25) is 0 Å². The summed E-state index contributed by atoms with van der Waals surface area (Å²) >= 11 is 13.6. The van der Waals surface area contributed by atoms with Gasteiger partial charge in [0.15, 0.2) is 5.82 Å². The Kier molecular flexibility index (Phi) is 4.58. The van der Waals surface area contributed by atoms with E-state index < -0.39 is 0 Å². The predicted molar refractivity (Wildman–Crippen MR) is 82.1 cm³/mol. The standard InChI is InChI=1S/C13H13Cl2N3S/c1-7-3-4-8(2)11(5-7)19-13-10(15)6-9(14)12(17-13)18-16/h3-6H,16H2,1-2H3,(H,17,18). The molecule has 6 heteroatoms. The first-order valence-electron chi connectivity index (χ1n) is 5.59. The maximum Gasteiger partial charge on any atom is 0.160 e. The summed E-state index contributed by atoms with van der Waals surface area (Å²) < 4.78 is 0. The number of nitrogens with two attached hydrogens (primary N) is 1. The van der Waals surface area contributed by atoms with Gasteiger partial charge in [-0.25, -0.2) is 10.8 Å². The van der Waals surface area contributed by atoms with Crippen molar-refractivity contribution in [2.75, 3.05) is 5.43 Å². The van der Waals surface area contributed by atoms with E-state index in [0.717, 1.165) is 4.90 Å². The van der Waals surface area contributed by atoms with Crippen molar-refractivity contribution < 1.29 is 0 Å². The smallest absolute Gasteiger partial charge is 0.160 e. The summed E-state index contributed by atoms with van der Waals surface area (Å²) in [5.41, 5.74) is 4.82. The first kappa shape index (κ1) is 14.5. The second-order valence-electron chi connectivity index (χ2n) is 4.12. The van der Waals surface area contributed by atoms with Gasteiger partial charge in [0.1, 0.15) is 5.03 Å². The molecular weight excluding hydrogens is 301 g/mol. The zero-order valence-corrected chi connectivity index (χ0v) is 12.8. The van der Waals surface area contributed by atoms with Crippen molar-refractivity contribution in [3.8, 4) is 0 Å². The van der Waals surface area contributed by atoms with Crippen molar-refractivity contribution in [3.63, 3.8) is 0 Å². The van der Waals surface area contributed by atoms with Gasteiger partial charge in [-0.15, -0.1) is 0 Å². The SMILES string of the molecule is Cc1ccc(C)c(Sc2nc(NN)c(Cl)cc2Cl)c1. The molecule has 3 nitrogen and oxygen atoms in total. The first-order chi connectivity index (χ1) is 9.01. The Balaban J connectivity index is 2.40.